The number of hydrogen-bond acceptors (Lipinski definition) is 6. The molecular weight excluding hydrogens is 392 g/mol. The molecule has 150 valence electrons. The minimum absolute atomic E-state index is 0.126. The first-order chi connectivity index (χ1) is 14.1. The summed E-state index contributed by atoms with van der Waals surface area (Å²) in [5.74, 6) is 0.861. The third-order valence-electron chi connectivity index (χ3n) is 5.29. The van der Waals surface area contributed by atoms with Crippen molar-refractivity contribution in [3.63, 3.8) is 0 Å². The average molecular weight is 413 g/mol. The van der Waals surface area contributed by atoms with Crippen molar-refractivity contribution in [2.24, 2.45) is 0 Å². The van der Waals surface area contributed by atoms with Crippen molar-refractivity contribution < 1.29 is 9.90 Å². The van der Waals surface area contributed by atoms with Crippen LogP contribution in [0.2, 0.25) is 5.02 Å². The Morgan fingerprint density at radius 1 is 1.28 bits per heavy atom. The molecule has 2 N–H and O–H groups in total. The highest BCUT2D eigenvalue weighted by Crippen LogP contribution is 2.34. The molecule has 0 bridgehead atoms. The number of para-hydroxylation sites is 1. The van der Waals surface area contributed by atoms with Crippen LogP contribution in [0.1, 0.15) is 31.2 Å². The van der Waals surface area contributed by atoms with Crippen molar-refractivity contribution in [1.29, 1.82) is 5.26 Å². The van der Waals surface area contributed by atoms with E-state index in [0.29, 0.717) is 22.5 Å². The van der Waals surface area contributed by atoms with Gasteiger partial charge in [0.2, 0.25) is 5.95 Å². The van der Waals surface area contributed by atoms with Crippen LogP contribution in [0.4, 0.5) is 22.2 Å². The third-order valence-corrected chi connectivity index (χ3v) is 5.61. The number of aromatic nitrogens is 2. The Hall–Kier alpha value is -2.89. The molecule has 0 spiro atoms. The molecule has 0 unspecified atom stereocenters. The number of halogens is 1. The van der Waals surface area contributed by atoms with Gasteiger partial charge in [-0.2, -0.15) is 10.2 Å². The summed E-state index contributed by atoms with van der Waals surface area (Å²) in [5, 5.41) is 22.7. The summed E-state index contributed by atoms with van der Waals surface area (Å²) in [7, 11) is 0. The fraction of sp³-hybridized carbons (Fsp3) is 0.400. The Morgan fingerprint density at radius 3 is 2.76 bits per heavy atom. The van der Waals surface area contributed by atoms with Gasteiger partial charge in [0.1, 0.15) is 12.4 Å². The van der Waals surface area contributed by atoms with Crippen molar-refractivity contribution in [3.05, 3.63) is 41.0 Å². The van der Waals surface area contributed by atoms with Gasteiger partial charge in [-0.3, -0.25) is 9.80 Å². The fourth-order valence-corrected chi connectivity index (χ4v) is 4.00. The van der Waals surface area contributed by atoms with Crippen LogP contribution in [0, 0.1) is 11.3 Å². The second-order valence-electron chi connectivity index (χ2n) is 7.26. The predicted octanol–water partition coefficient (Wildman–Crippen LogP) is 3.32. The highest BCUT2D eigenvalue weighted by Gasteiger charge is 2.34. The maximum Gasteiger partial charge on any atom is 0.331 e. The SMILES string of the molecule is N#CCN1C(=O)N(c2ccccc2Cl)Cc2cnc(N[C@H]3CC[C@H](O)CC3)nc21. The lowest BCUT2D eigenvalue weighted by Gasteiger charge is -2.35. The van der Waals surface area contributed by atoms with Crippen LogP contribution in [0.5, 0.6) is 0 Å². The minimum Gasteiger partial charge on any atom is -0.393 e. The monoisotopic (exact) mass is 412 g/mol. The van der Waals surface area contributed by atoms with Gasteiger partial charge < -0.3 is 10.4 Å². The largest absolute Gasteiger partial charge is 0.393 e. The van der Waals surface area contributed by atoms with Gasteiger partial charge in [0.25, 0.3) is 0 Å². The van der Waals surface area contributed by atoms with E-state index in [9.17, 15) is 15.2 Å². The van der Waals surface area contributed by atoms with E-state index in [0.717, 1.165) is 31.2 Å². The molecule has 2 aromatic rings. The van der Waals surface area contributed by atoms with E-state index in [1.165, 1.54) is 9.80 Å². The summed E-state index contributed by atoms with van der Waals surface area (Å²) in [4.78, 5) is 24.9. The molecule has 0 radical (unpaired) electrons. The molecular formula is C20H21ClN6O2. The van der Waals surface area contributed by atoms with Gasteiger partial charge in [-0.25, -0.2) is 9.78 Å². The Balaban J connectivity index is 1.62. The number of carbonyl (C=O) groups is 1. The maximum atomic E-state index is 13.1. The topological polar surface area (TPSA) is 105 Å². The first-order valence-corrected chi connectivity index (χ1v) is 9.95. The fourth-order valence-electron chi connectivity index (χ4n) is 3.76. The summed E-state index contributed by atoms with van der Waals surface area (Å²) in [5.41, 5.74) is 1.32. The van der Waals surface area contributed by atoms with E-state index in [1.807, 2.05) is 12.1 Å². The maximum absolute atomic E-state index is 13.1. The van der Waals surface area contributed by atoms with Gasteiger partial charge in [-0.1, -0.05) is 23.7 Å². The van der Waals surface area contributed by atoms with Crippen LogP contribution >= 0.6 is 11.6 Å². The first kappa shape index (κ1) is 19.4. The summed E-state index contributed by atoms with van der Waals surface area (Å²) < 4.78 is 0. The van der Waals surface area contributed by atoms with Gasteiger partial charge in [0.05, 0.1) is 29.4 Å². The van der Waals surface area contributed by atoms with E-state index in [-0.39, 0.29) is 31.3 Å². The summed E-state index contributed by atoms with van der Waals surface area (Å²) in [6.45, 7) is 0.147. The lowest BCUT2D eigenvalue weighted by molar-refractivity contribution is 0.126. The highest BCUT2D eigenvalue weighted by molar-refractivity contribution is 6.34. The number of carbonyl (C=O) groups excluding carboxylic acids is 1. The Bertz CT molecular complexity index is 954. The Morgan fingerprint density at radius 2 is 2.03 bits per heavy atom. The predicted molar refractivity (Wildman–Crippen MR) is 110 cm³/mol. The zero-order chi connectivity index (χ0) is 20.4. The Labute approximate surface area is 173 Å². The molecule has 8 nitrogen and oxygen atoms in total. The molecule has 29 heavy (non-hydrogen) atoms. The summed E-state index contributed by atoms with van der Waals surface area (Å²) in [6, 6.07) is 8.96. The molecule has 4 rings (SSSR count). The molecule has 1 aliphatic carbocycles. The highest BCUT2D eigenvalue weighted by atomic mass is 35.5. The van der Waals surface area contributed by atoms with Crippen LogP contribution < -0.4 is 15.1 Å². The van der Waals surface area contributed by atoms with Crippen molar-refractivity contribution in [3.8, 4) is 6.07 Å². The third kappa shape index (κ3) is 3.97. The smallest absolute Gasteiger partial charge is 0.331 e. The quantitative estimate of drug-likeness (QED) is 0.746. The summed E-state index contributed by atoms with van der Waals surface area (Å²) >= 11 is 6.28. The van der Waals surface area contributed by atoms with E-state index in [4.69, 9.17) is 11.6 Å². The van der Waals surface area contributed by atoms with E-state index < -0.39 is 0 Å². The van der Waals surface area contributed by atoms with Gasteiger partial charge in [-0.05, 0) is 37.8 Å². The van der Waals surface area contributed by atoms with Crippen molar-refractivity contribution in [1.82, 2.24) is 9.97 Å². The van der Waals surface area contributed by atoms with Crippen molar-refractivity contribution in [2.75, 3.05) is 21.7 Å². The first-order valence-electron chi connectivity index (χ1n) is 9.58. The molecule has 1 saturated carbocycles. The number of hydrogen-bond donors (Lipinski definition) is 2. The van der Waals surface area contributed by atoms with Gasteiger partial charge in [0, 0.05) is 17.8 Å². The lowest BCUT2D eigenvalue weighted by atomic mass is 9.93. The van der Waals surface area contributed by atoms with Crippen molar-refractivity contribution >= 4 is 35.1 Å². The van der Waals surface area contributed by atoms with Crippen LogP contribution in [0.3, 0.4) is 0 Å². The van der Waals surface area contributed by atoms with Crippen LogP contribution in [-0.4, -0.2) is 39.8 Å². The number of aliphatic hydroxyl groups excluding tert-OH is 1. The average Bonchev–Trinajstić information content (AvgIpc) is 2.72. The molecule has 0 atom stereocenters. The number of aliphatic hydroxyl groups is 1. The molecule has 9 heteroatoms. The molecule has 2 heterocycles. The Kier molecular flexibility index (Phi) is 5.51. The van der Waals surface area contributed by atoms with Crippen LogP contribution in [0.25, 0.3) is 0 Å². The molecule has 1 aromatic heterocycles. The second kappa shape index (κ2) is 8.23. The number of urea groups is 1. The number of rotatable bonds is 4. The van der Waals surface area contributed by atoms with Gasteiger partial charge in [-0.15, -0.1) is 0 Å². The number of anilines is 3. The molecule has 1 fully saturated rings. The molecule has 0 saturated heterocycles. The second-order valence-corrected chi connectivity index (χ2v) is 7.66. The van der Waals surface area contributed by atoms with Crippen LogP contribution in [-0.2, 0) is 6.54 Å². The zero-order valence-electron chi connectivity index (χ0n) is 15.8. The normalized spacial score (nSPS) is 21.5. The molecule has 2 amide bonds. The van der Waals surface area contributed by atoms with Gasteiger partial charge in [0.15, 0.2) is 0 Å². The van der Waals surface area contributed by atoms with Crippen molar-refractivity contribution in [2.45, 2.75) is 44.4 Å². The van der Waals surface area contributed by atoms with E-state index in [2.05, 4.69) is 15.3 Å². The number of fused-ring (bicyclic) bond motifs is 1. The number of benzene rings is 1. The number of nitriles is 1. The van der Waals surface area contributed by atoms with Gasteiger partial charge >= 0.3 is 6.03 Å². The number of amides is 2. The number of nitrogens with one attached hydrogen (secondary N) is 1. The standard InChI is InChI=1S/C20H21ClN6O2/c21-16-3-1-2-4-17(16)27-12-13-11-23-19(24-14-5-7-15(28)8-6-14)25-18(13)26(10-9-22)20(27)29/h1-4,11,14-15,28H,5-8,10,12H2,(H,23,24,25)/t14-,15-. The van der Waals surface area contributed by atoms with E-state index >= 15 is 0 Å². The molecule has 2 aliphatic rings. The molecule has 1 aliphatic heterocycles. The number of nitrogens with zero attached hydrogens (tertiary/aromatic N) is 5. The zero-order valence-corrected chi connectivity index (χ0v) is 16.5. The summed E-state index contributed by atoms with van der Waals surface area (Å²) in [6.07, 6.45) is 4.61. The minimum atomic E-state index is -0.349. The molecule has 1 aromatic carbocycles. The van der Waals surface area contributed by atoms with Crippen LogP contribution in [0.15, 0.2) is 30.5 Å². The van der Waals surface area contributed by atoms with E-state index in [1.54, 1.807) is 24.4 Å². The lowest BCUT2D eigenvalue weighted by Crippen LogP contribution is -2.48.